The summed E-state index contributed by atoms with van der Waals surface area (Å²) in [7, 11) is 0. The predicted molar refractivity (Wildman–Crippen MR) is 66.8 cm³/mol. The van der Waals surface area contributed by atoms with Gasteiger partial charge >= 0.3 is 0 Å². The molecule has 0 aliphatic rings. The van der Waals surface area contributed by atoms with Crippen molar-refractivity contribution in [1.82, 2.24) is 0 Å². The molecule has 16 heavy (non-hydrogen) atoms. The van der Waals surface area contributed by atoms with Crippen molar-refractivity contribution < 1.29 is 10.2 Å². The van der Waals surface area contributed by atoms with Crippen molar-refractivity contribution in [2.75, 3.05) is 0 Å². The molecule has 0 fully saturated rings. The predicted octanol–water partition coefficient (Wildman–Crippen LogP) is 3.19. The van der Waals surface area contributed by atoms with E-state index >= 15 is 0 Å². The summed E-state index contributed by atoms with van der Waals surface area (Å²) in [5, 5.41) is 19.5. The van der Waals surface area contributed by atoms with E-state index in [4.69, 9.17) is 0 Å². The summed E-state index contributed by atoms with van der Waals surface area (Å²) in [4.78, 5) is 0. The first-order valence-corrected chi connectivity index (χ1v) is 5.78. The number of aromatic hydroxyl groups is 1. The Balaban J connectivity index is 3.45. The second kappa shape index (κ2) is 4.46. The molecule has 0 spiro atoms. The first-order valence-electron chi connectivity index (χ1n) is 5.78. The Morgan fingerprint density at radius 3 is 2.25 bits per heavy atom. The highest BCUT2D eigenvalue weighted by Crippen LogP contribution is 2.38. The first-order chi connectivity index (χ1) is 7.35. The lowest BCUT2D eigenvalue weighted by Gasteiger charge is -2.27. The molecule has 0 aromatic heterocycles. The fourth-order valence-corrected chi connectivity index (χ4v) is 1.96. The minimum Gasteiger partial charge on any atom is -0.507 e. The van der Waals surface area contributed by atoms with Crippen molar-refractivity contribution in [3.8, 4) is 5.75 Å². The number of hydrogen-bond acceptors (Lipinski definition) is 2. The number of phenols is 1. The van der Waals surface area contributed by atoms with E-state index < -0.39 is 0 Å². The molecule has 0 saturated heterocycles. The van der Waals surface area contributed by atoms with Gasteiger partial charge in [-0.15, -0.1) is 0 Å². The second-order valence-electron chi connectivity index (χ2n) is 5.09. The van der Waals surface area contributed by atoms with Crippen LogP contribution in [0.25, 0.3) is 0 Å². The maximum absolute atomic E-state index is 10.2. The van der Waals surface area contributed by atoms with Gasteiger partial charge in [0.05, 0.1) is 6.61 Å². The van der Waals surface area contributed by atoms with Crippen LogP contribution >= 0.6 is 0 Å². The van der Waals surface area contributed by atoms with Gasteiger partial charge in [0.1, 0.15) is 5.75 Å². The lowest BCUT2D eigenvalue weighted by Crippen LogP contribution is -2.17. The molecule has 0 atom stereocenters. The van der Waals surface area contributed by atoms with E-state index in [2.05, 4.69) is 20.8 Å². The number of hydrogen-bond donors (Lipinski definition) is 2. The molecule has 0 aliphatic heterocycles. The van der Waals surface area contributed by atoms with Crippen molar-refractivity contribution in [2.45, 2.75) is 53.1 Å². The van der Waals surface area contributed by atoms with Gasteiger partial charge in [0, 0.05) is 5.56 Å². The van der Waals surface area contributed by atoms with Crippen LogP contribution in [0.3, 0.4) is 0 Å². The molecule has 1 rings (SSSR count). The van der Waals surface area contributed by atoms with E-state index in [-0.39, 0.29) is 12.0 Å². The Morgan fingerprint density at radius 2 is 1.81 bits per heavy atom. The third-order valence-electron chi connectivity index (χ3n) is 3.67. The number of aliphatic hydroxyl groups is 1. The van der Waals surface area contributed by atoms with Gasteiger partial charge in [-0.05, 0) is 42.4 Å². The topological polar surface area (TPSA) is 40.5 Å². The molecule has 2 nitrogen and oxygen atoms in total. The molecule has 0 radical (unpaired) electrons. The highest BCUT2D eigenvalue weighted by Gasteiger charge is 2.24. The first kappa shape index (κ1) is 13.0. The quantitative estimate of drug-likeness (QED) is 0.824. The molecule has 1 aromatic rings. The van der Waals surface area contributed by atoms with Crippen LogP contribution < -0.4 is 0 Å². The van der Waals surface area contributed by atoms with Crippen molar-refractivity contribution in [2.24, 2.45) is 0 Å². The summed E-state index contributed by atoms with van der Waals surface area (Å²) in [5.74, 6) is 0.335. The Morgan fingerprint density at radius 1 is 1.25 bits per heavy atom. The summed E-state index contributed by atoms with van der Waals surface area (Å²) in [6.45, 7) is 10.2. The third kappa shape index (κ3) is 2.07. The Bertz CT molecular complexity index is 392. The van der Waals surface area contributed by atoms with E-state index in [1.54, 1.807) is 0 Å². The van der Waals surface area contributed by atoms with E-state index in [0.717, 1.165) is 28.7 Å². The molecular formula is C14H22O2. The maximum atomic E-state index is 10.2. The minimum atomic E-state index is -0.0341. The molecule has 0 unspecified atom stereocenters. The summed E-state index contributed by atoms with van der Waals surface area (Å²) < 4.78 is 0. The summed E-state index contributed by atoms with van der Waals surface area (Å²) >= 11 is 0. The van der Waals surface area contributed by atoms with Gasteiger partial charge in [-0.3, -0.25) is 0 Å². The summed E-state index contributed by atoms with van der Waals surface area (Å²) in [6, 6.07) is 2.00. The molecule has 0 bridgehead atoms. The van der Waals surface area contributed by atoms with Crippen LogP contribution in [0, 0.1) is 13.8 Å². The molecule has 90 valence electrons. The van der Waals surface area contributed by atoms with E-state index in [0.29, 0.717) is 5.75 Å². The number of rotatable bonds is 3. The van der Waals surface area contributed by atoms with Crippen LogP contribution in [0.5, 0.6) is 5.75 Å². The summed E-state index contributed by atoms with van der Waals surface area (Å²) in [5.41, 5.74) is 3.64. The van der Waals surface area contributed by atoms with E-state index in [9.17, 15) is 10.2 Å². The highest BCUT2D eigenvalue weighted by molar-refractivity contribution is 5.51. The molecule has 2 N–H and O–H groups in total. The smallest absolute Gasteiger partial charge is 0.122 e. The number of aliphatic hydroxyl groups excluding tert-OH is 1. The van der Waals surface area contributed by atoms with Crippen molar-refractivity contribution >= 4 is 0 Å². The lowest BCUT2D eigenvalue weighted by molar-refractivity contribution is 0.279. The van der Waals surface area contributed by atoms with E-state index in [1.165, 1.54) is 0 Å². The lowest BCUT2D eigenvalue weighted by atomic mass is 9.79. The van der Waals surface area contributed by atoms with Gasteiger partial charge < -0.3 is 10.2 Å². The normalized spacial score (nSPS) is 11.9. The average Bonchev–Trinajstić information content (AvgIpc) is 2.24. The van der Waals surface area contributed by atoms with Crippen molar-refractivity contribution in [3.63, 3.8) is 0 Å². The molecule has 0 aliphatic carbocycles. The SMILES string of the molecule is CCC(C)(C)c1cc(C)c(CO)c(C)c1O. The fourth-order valence-electron chi connectivity index (χ4n) is 1.96. The molecular weight excluding hydrogens is 200 g/mol. The minimum absolute atomic E-state index is 0.0158. The van der Waals surface area contributed by atoms with Gasteiger partial charge in [-0.2, -0.15) is 0 Å². The van der Waals surface area contributed by atoms with Crippen molar-refractivity contribution in [3.05, 3.63) is 28.3 Å². The van der Waals surface area contributed by atoms with Crippen LogP contribution in [-0.2, 0) is 12.0 Å². The number of aryl methyl sites for hydroxylation is 1. The Hall–Kier alpha value is -1.02. The second-order valence-corrected chi connectivity index (χ2v) is 5.09. The summed E-state index contributed by atoms with van der Waals surface area (Å²) in [6.07, 6.45) is 0.970. The van der Waals surface area contributed by atoms with Crippen LogP contribution in [-0.4, -0.2) is 10.2 Å². The largest absolute Gasteiger partial charge is 0.507 e. The van der Waals surface area contributed by atoms with Crippen LogP contribution in [0.1, 0.15) is 49.4 Å². The monoisotopic (exact) mass is 222 g/mol. The third-order valence-corrected chi connectivity index (χ3v) is 3.67. The van der Waals surface area contributed by atoms with Crippen LogP contribution in [0.15, 0.2) is 6.07 Å². The average molecular weight is 222 g/mol. The Kier molecular flexibility index (Phi) is 3.64. The van der Waals surface area contributed by atoms with Gasteiger partial charge in [0.2, 0.25) is 0 Å². The van der Waals surface area contributed by atoms with Gasteiger partial charge in [0.25, 0.3) is 0 Å². The van der Waals surface area contributed by atoms with Gasteiger partial charge in [-0.1, -0.05) is 26.8 Å². The molecule has 0 heterocycles. The molecule has 0 saturated carbocycles. The van der Waals surface area contributed by atoms with Crippen molar-refractivity contribution in [1.29, 1.82) is 0 Å². The number of benzene rings is 1. The molecule has 1 aromatic carbocycles. The van der Waals surface area contributed by atoms with Gasteiger partial charge in [-0.25, -0.2) is 0 Å². The highest BCUT2D eigenvalue weighted by atomic mass is 16.3. The number of phenolic OH excluding ortho intramolecular Hbond substituents is 1. The van der Waals surface area contributed by atoms with E-state index in [1.807, 2.05) is 19.9 Å². The van der Waals surface area contributed by atoms with Crippen LogP contribution in [0.4, 0.5) is 0 Å². The Labute approximate surface area is 97.9 Å². The molecule has 0 amide bonds. The zero-order chi connectivity index (χ0) is 12.5. The maximum Gasteiger partial charge on any atom is 0.122 e. The van der Waals surface area contributed by atoms with Gasteiger partial charge in [0.15, 0.2) is 0 Å². The zero-order valence-electron chi connectivity index (χ0n) is 10.9. The fraction of sp³-hybridized carbons (Fsp3) is 0.571. The van der Waals surface area contributed by atoms with Crippen LogP contribution in [0.2, 0.25) is 0 Å². The standard InChI is InChI=1S/C14H22O2/c1-6-14(4,5)12-7-9(2)11(8-15)10(3)13(12)16/h7,15-16H,6,8H2,1-5H3. The zero-order valence-corrected chi connectivity index (χ0v) is 10.9. The molecule has 2 heteroatoms.